The molecule has 1 aliphatic carbocycles. The van der Waals surface area contributed by atoms with E-state index in [9.17, 15) is 4.79 Å². The number of nitrogens with zero attached hydrogens (tertiary/aromatic N) is 2. The summed E-state index contributed by atoms with van der Waals surface area (Å²) in [5.74, 6) is 0.728. The van der Waals surface area contributed by atoms with E-state index in [1.165, 1.54) is 25.9 Å². The zero-order valence-corrected chi connectivity index (χ0v) is 8.78. The molecule has 0 aromatic heterocycles. The summed E-state index contributed by atoms with van der Waals surface area (Å²) in [6, 6.07) is 0.877. The first-order chi connectivity index (χ1) is 6.70. The van der Waals surface area contributed by atoms with Crippen molar-refractivity contribution in [1.82, 2.24) is 9.80 Å². The number of nitrogens with two attached hydrogens (primary N) is 1. The highest BCUT2D eigenvalue weighted by atomic mass is 16.2. The van der Waals surface area contributed by atoms with E-state index in [1.807, 2.05) is 7.05 Å². The Hall–Kier alpha value is -0.610. The van der Waals surface area contributed by atoms with Crippen molar-refractivity contribution in [2.24, 2.45) is 11.7 Å². The van der Waals surface area contributed by atoms with Crippen LogP contribution in [0.25, 0.3) is 0 Å². The zero-order chi connectivity index (χ0) is 10.1. The maximum atomic E-state index is 11.2. The van der Waals surface area contributed by atoms with Gasteiger partial charge in [0.25, 0.3) is 0 Å². The molecule has 0 spiro atoms. The van der Waals surface area contributed by atoms with Crippen LogP contribution in [0, 0.1) is 5.92 Å². The number of carbonyl (C=O) groups excluding carboxylic acids is 1. The molecule has 1 amide bonds. The SMILES string of the molecule is CN(CC1CN(C2CC2)C1)C(=O)CN. The smallest absolute Gasteiger partial charge is 0.236 e. The Labute approximate surface area is 85.0 Å². The van der Waals surface area contributed by atoms with Crippen LogP contribution in [0.1, 0.15) is 12.8 Å². The van der Waals surface area contributed by atoms with Crippen LogP contribution >= 0.6 is 0 Å². The molecule has 1 heterocycles. The van der Waals surface area contributed by atoms with E-state index in [2.05, 4.69) is 4.90 Å². The second-order valence-corrected chi connectivity index (χ2v) is 4.53. The first-order valence-electron chi connectivity index (χ1n) is 5.38. The average molecular weight is 197 g/mol. The largest absolute Gasteiger partial charge is 0.344 e. The molecule has 1 aliphatic heterocycles. The molecule has 0 radical (unpaired) electrons. The van der Waals surface area contributed by atoms with Gasteiger partial charge in [-0.3, -0.25) is 9.69 Å². The Morgan fingerprint density at radius 2 is 2.14 bits per heavy atom. The van der Waals surface area contributed by atoms with Crippen molar-refractivity contribution in [2.75, 3.05) is 33.2 Å². The summed E-state index contributed by atoms with van der Waals surface area (Å²) in [6.45, 7) is 3.36. The fourth-order valence-electron chi connectivity index (χ4n) is 2.11. The van der Waals surface area contributed by atoms with E-state index in [0.29, 0.717) is 5.92 Å². The molecule has 1 saturated carbocycles. The molecular formula is C10H19N3O. The number of amides is 1. The number of likely N-dealkylation sites (tertiary alicyclic amines) is 1. The molecule has 4 nitrogen and oxygen atoms in total. The third-order valence-corrected chi connectivity index (χ3v) is 3.18. The lowest BCUT2D eigenvalue weighted by Gasteiger charge is -2.41. The van der Waals surface area contributed by atoms with Crippen molar-refractivity contribution in [3.8, 4) is 0 Å². The van der Waals surface area contributed by atoms with E-state index < -0.39 is 0 Å². The van der Waals surface area contributed by atoms with Crippen LogP contribution in [0.2, 0.25) is 0 Å². The van der Waals surface area contributed by atoms with Gasteiger partial charge in [-0.2, -0.15) is 0 Å². The van der Waals surface area contributed by atoms with Crippen LogP contribution in [0.5, 0.6) is 0 Å². The molecular weight excluding hydrogens is 178 g/mol. The summed E-state index contributed by atoms with van der Waals surface area (Å²) in [5.41, 5.74) is 5.29. The molecule has 0 unspecified atom stereocenters. The summed E-state index contributed by atoms with van der Waals surface area (Å²) in [4.78, 5) is 15.5. The van der Waals surface area contributed by atoms with Crippen LogP contribution in [-0.4, -0.2) is 55.0 Å². The maximum Gasteiger partial charge on any atom is 0.236 e. The highest BCUT2D eigenvalue weighted by Gasteiger charge is 2.38. The van der Waals surface area contributed by atoms with Crippen molar-refractivity contribution in [3.05, 3.63) is 0 Å². The quantitative estimate of drug-likeness (QED) is 0.661. The van der Waals surface area contributed by atoms with Gasteiger partial charge in [0.1, 0.15) is 0 Å². The van der Waals surface area contributed by atoms with Crippen molar-refractivity contribution in [1.29, 1.82) is 0 Å². The molecule has 0 aromatic carbocycles. The van der Waals surface area contributed by atoms with Crippen LogP contribution in [0.3, 0.4) is 0 Å². The number of likely N-dealkylation sites (N-methyl/N-ethyl adjacent to an activating group) is 1. The fraction of sp³-hybridized carbons (Fsp3) is 0.900. The average Bonchev–Trinajstić information content (AvgIpc) is 2.92. The lowest BCUT2D eigenvalue weighted by Crippen LogP contribution is -2.52. The van der Waals surface area contributed by atoms with Crippen LogP contribution < -0.4 is 5.73 Å². The minimum atomic E-state index is 0.0508. The molecule has 0 bridgehead atoms. The van der Waals surface area contributed by atoms with Gasteiger partial charge in [-0.1, -0.05) is 0 Å². The molecule has 2 fully saturated rings. The molecule has 1 saturated heterocycles. The second kappa shape index (κ2) is 3.87. The van der Waals surface area contributed by atoms with Gasteiger partial charge in [-0.05, 0) is 12.8 Å². The molecule has 0 aromatic rings. The lowest BCUT2D eigenvalue weighted by molar-refractivity contribution is -0.129. The first kappa shape index (κ1) is 9.93. The summed E-state index contributed by atoms with van der Waals surface area (Å²) in [7, 11) is 1.84. The fourth-order valence-corrected chi connectivity index (χ4v) is 2.11. The molecule has 2 aliphatic rings. The van der Waals surface area contributed by atoms with Gasteiger partial charge in [0.15, 0.2) is 0 Å². The number of carbonyl (C=O) groups is 1. The standard InChI is InChI=1S/C10H19N3O/c1-12(10(14)4-11)5-8-6-13(7-8)9-2-3-9/h8-9H,2-7,11H2,1H3. The van der Waals surface area contributed by atoms with Crippen LogP contribution in [0.15, 0.2) is 0 Å². The highest BCUT2D eigenvalue weighted by molar-refractivity contribution is 5.77. The van der Waals surface area contributed by atoms with Gasteiger partial charge in [-0.25, -0.2) is 0 Å². The minimum absolute atomic E-state index is 0.0508. The van der Waals surface area contributed by atoms with Gasteiger partial charge in [0, 0.05) is 38.6 Å². The van der Waals surface area contributed by atoms with Crippen LogP contribution in [0.4, 0.5) is 0 Å². The first-order valence-corrected chi connectivity index (χ1v) is 5.38. The Kier molecular flexibility index (Phi) is 2.74. The van der Waals surface area contributed by atoms with E-state index in [1.54, 1.807) is 4.90 Å². The van der Waals surface area contributed by atoms with Crippen LogP contribution in [-0.2, 0) is 4.79 Å². The van der Waals surface area contributed by atoms with Crippen molar-refractivity contribution in [2.45, 2.75) is 18.9 Å². The number of hydrogen-bond acceptors (Lipinski definition) is 3. The predicted molar refractivity (Wildman–Crippen MR) is 54.8 cm³/mol. The number of rotatable bonds is 4. The molecule has 80 valence electrons. The normalized spacial score (nSPS) is 23.3. The Morgan fingerprint density at radius 3 is 2.64 bits per heavy atom. The van der Waals surface area contributed by atoms with Gasteiger partial charge in [-0.15, -0.1) is 0 Å². The Bertz CT molecular complexity index is 221. The van der Waals surface area contributed by atoms with E-state index in [4.69, 9.17) is 5.73 Å². The van der Waals surface area contributed by atoms with Gasteiger partial charge in [0.05, 0.1) is 6.54 Å². The minimum Gasteiger partial charge on any atom is -0.344 e. The van der Waals surface area contributed by atoms with E-state index in [0.717, 1.165) is 12.6 Å². The summed E-state index contributed by atoms with van der Waals surface area (Å²) >= 11 is 0. The summed E-state index contributed by atoms with van der Waals surface area (Å²) in [5, 5.41) is 0. The Morgan fingerprint density at radius 1 is 1.50 bits per heavy atom. The number of hydrogen-bond donors (Lipinski definition) is 1. The molecule has 14 heavy (non-hydrogen) atoms. The third kappa shape index (κ3) is 2.07. The van der Waals surface area contributed by atoms with Crippen molar-refractivity contribution >= 4 is 5.91 Å². The van der Waals surface area contributed by atoms with E-state index >= 15 is 0 Å². The molecule has 0 atom stereocenters. The summed E-state index contributed by atoms with van der Waals surface area (Å²) < 4.78 is 0. The molecule has 4 heteroatoms. The van der Waals surface area contributed by atoms with Gasteiger partial charge < -0.3 is 10.6 Å². The van der Waals surface area contributed by atoms with Crippen molar-refractivity contribution < 1.29 is 4.79 Å². The van der Waals surface area contributed by atoms with Gasteiger partial charge >= 0.3 is 0 Å². The molecule has 2 rings (SSSR count). The van der Waals surface area contributed by atoms with Crippen molar-refractivity contribution in [3.63, 3.8) is 0 Å². The molecule has 2 N–H and O–H groups in total. The monoisotopic (exact) mass is 197 g/mol. The maximum absolute atomic E-state index is 11.2. The third-order valence-electron chi connectivity index (χ3n) is 3.18. The topological polar surface area (TPSA) is 49.6 Å². The van der Waals surface area contributed by atoms with Gasteiger partial charge in [0.2, 0.25) is 5.91 Å². The lowest BCUT2D eigenvalue weighted by atomic mass is 9.99. The highest BCUT2D eigenvalue weighted by Crippen LogP contribution is 2.32. The second-order valence-electron chi connectivity index (χ2n) is 4.53. The predicted octanol–water partition coefficient (Wildman–Crippen LogP) is -0.502. The van der Waals surface area contributed by atoms with E-state index in [-0.39, 0.29) is 12.5 Å². The zero-order valence-electron chi connectivity index (χ0n) is 8.78. The Balaban J connectivity index is 1.65. The summed E-state index contributed by atoms with van der Waals surface area (Å²) in [6.07, 6.45) is 2.76.